The molecule has 0 fully saturated rings. The van der Waals surface area contributed by atoms with Crippen LogP contribution < -0.4 is 4.90 Å². The molecule has 20 heavy (non-hydrogen) atoms. The summed E-state index contributed by atoms with van der Waals surface area (Å²) in [7, 11) is -0.193. The van der Waals surface area contributed by atoms with E-state index < -0.39 is 22.7 Å². The van der Waals surface area contributed by atoms with Crippen LogP contribution in [0.2, 0.25) is 0 Å². The molecule has 9 nitrogen and oxygen atoms in total. The van der Waals surface area contributed by atoms with Crippen molar-refractivity contribution in [1.29, 1.82) is 0 Å². The highest BCUT2D eigenvalue weighted by Gasteiger charge is 2.38. The zero-order valence-corrected chi connectivity index (χ0v) is 12.3. The molecule has 1 aromatic rings. The summed E-state index contributed by atoms with van der Waals surface area (Å²) in [5.74, 6) is 0.479. The number of rotatable bonds is 4. The van der Waals surface area contributed by atoms with Gasteiger partial charge < -0.3 is 19.7 Å². The molecular formula is C10H18N4O5S. The van der Waals surface area contributed by atoms with Gasteiger partial charge in [-0.05, 0) is 0 Å². The number of aliphatic hydroxyl groups is 2. The van der Waals surface area contributed by atoms with E-state index in [1.165, 1.54) is 16.1 Å². The van der Waals surface area contributed by atoms with E-state index in [2.05, 4.69) is 9.17 Å². The molecule has 1 aromatic heterocycles. The summed E-state index contributed by atoms with van der Waals surface area (Å²) in [5.41, 5.74) is 0.525. The minimum absolute atomic E-state index is 0.0460. The summed E-state index contributed by atoms with van der Waals surface area (Å²) in [4.78, 5) is 6.91. The predicted octanol–water partition coefficient (Wildman–Crippen LogP) is -1.59. The number of anilines is 1. The number of aryl methyl sites for hydroxylation is 1. The standard InChI is InChI=1S/C10H18N4O5S/c1-12-6-11-8-7(12)9(15)14(10(16)13(8)2)4-5-19-20(3,17)18/h6,9-10,15-16H,4-5H2,1-3H3. The number of hydrogen-bond acceptors (Lipinski definition) is 8. The molecule has 2 atom stereocenters. The molecule has 0 radical (unpaired) electrons. The van der Waals surface area contributed by atoms with Crippen LogP contribution in [-0.2, 0) is 21.3 Å². The van der Waals surface area contributed by atoms with Crippen molar-refractivity contribution >= 4 is 15.9 Å². The number of hydrogen-bond donors (Lipinski definition) is 2. The largest absolute Gasteiger partial charge is 0.372 e. The van der Waals surface area contributed by atoms with Gasteiger partial charge in [-0.15, -0.1) is 0 Å². The number of imidazole rings is 1. The van der Waals surface area contributed by atoms with E-state index in [0.717, 1.165) is 6.26 Å². The monoisotopic (exact) mass is 306 g/mol. The molecule has 2 heterocycles. The van der Waals surface area contributed by atoms with E-state index in [9.17, 15) is 18.6 Å². The van der Waals surface area contributed by atoms with Crippen LogP contribution in [0.15, 0.2) is 6.33 Å². The van der Waals surface area contributed by atoms with Crippen molar-refractivity contribution in [3.05, 3.63) is 12.0 Å². The van der Waals surface area contributed by atoms with Crippen LogP contribution in [0.1, 0.15) is 11.9 Å². The van der Waals surface area contributed by atoms with Crippen LogP contribution in [-0.4, -0.2) is 65.9 Å². The van der Waals surface area contributed by atoms with Crippen molar-refractivity contribution in [2.45, 2.75) is 12.6 Å². The van der Waals surface area contributed by atoms with Gasteiger partial charge in [-0.2, -0.15) is 8.42 Å². The fourth-order valence-electron chi connectivity index (χ4n) is 2.14. The van der Waals surface area contributed by atoms with Gasteiger partial charge >= 0.3 is 0 Å². The minimum Gasteiger partial charge on any atom is -0.372 e. The summed E-state index contributed by atoms with van der Waals surface area (Å²) in [6.07, 6.45) is 0.275. The van der Waals surface area contributed by atoms with Gasteiger partial charge in [0.25, 0.3) is 10.1 Å². The van der Waals surface area contributed by atoms with Gasteiger partial charge in [0.1, 0.15) is 5.69 Å². The maximum absolute atomic E-state index is 10.9. The summed E-state index contributed by atoms with van der Waals surface area (Å²) in [6.45, 7) is -0.113. The molecule has 0 bridgehead atoms. The minimum atomic E-state index is -3.55. The highest BCUT2D eigenvalue weighted by atomic mass is 32.2. The molecule has 1 aliphatic heterocycles. The zero-order chi connectivity index (χ0) is 15.1. The van der Waals surface area contributed by atoms with Crippen molar-refractivity contribution in [3.63, 3.8) is 0 Å². The van der Waals surface area contributed by atoms with Crippen LogP contribution in [0.3, 0.4) is 0 Å². The summed E-state index contributed by atoms with van der Waals surface area (Å²) in [5, 5.41) is 20.4. The molecule has 10 heteroatoms. The fourth-order valence-corrected chi connectivity index (χ4v) is 2.52. The van der Waals surface area contributed by atoms with Gasteiger partial charge in [0.15, 0.2) is 18.4 Å². The second-order valence-electron chi connectivity index (χ2n) is 4.66. The van der Waals surface area contributed by atoms with Gasteiger partial charge in [-0.1, -0.05) is 0 Å². The Balaban J connectivity index is 2.16. The average Bonchev–Trinajstić information content (AvgIpc) is 2.72. The number of aromatic nitrogens is 2. The van der Waals surface area contributed by atoms with Gasteiger partial charge in [-0.3, -0.25) is 4.18 Å². The molecule has 2 unspecified atom stereocenters. The van der Waals surface area contributed by atoms with Crippen molar-refractivity contribution in [2.24, 2.45) is 7.05 Å². The molecule has 0 saturated carbocycles. The van der Waals surface area contributed by atoms with Gasteiger partial charge in [0, 0.05) is 20.6 Å². The van der Waals surface area contributed by atoms with Crippen molar-refractivity contribution in [2.75, 3.05) is 31.4 Å². The smallest absolute Gasteiger partial charge is 0.264 e. The Hall–Kier alpha value is -1.20. The maximum Gasteiger partial charge on any atom is 0.264 e. The lowest BCUT2D eigenvalue weighted by Crippen LogP contribution is -2.53. The molecule has 0 saturated heterocycles. The zero-order valence-electron chi connectivity index (χ0n) is 11.5. The molecule has 0 aromatic carbocycles. The third-order valence-corrected chi connectivity index (χ3v) is 3.74. The SMILES string of the molecule is CN1c2ncn(C)c2C(O)N(CCOS(C)(=O)=O)C1O. The van der Waals surface area contributed by atoms with E-state index in [1.807, 2.05) is 0 Å². The number of aliphatic hydroxyl groups excluding tert-OH is 2. The Morgan fingerprint density at radius 2 is 2.05 bits per heavy atom. The first kappa shape index (κ1) is 15.2. The normalized spacial score (nSPS) is 23.9. The highest BCUT2D eigenvalue weighted by Crippen LogP contribution is 2.33. The fraction of sp³-hybridized carbons (Fsp3) is 0.700. The summed E-state index contributed by atoms with van der Waals surface area (Å²) >= 11 is 0. The quantitative estimate of drug-likeness (QED) is 0.641. The van der Waals surface area contributed by atoms with Crippen LogP contribution in [0, 0.1) is 0 Å². The topological polar surface area (TPSA) is 108 Å². The van der Waals surface area contributed by atoms with E-state index in [1.54, 1.807) is 18.7 Å². The Morgan fingerprint density at radius 1 is 1.40 bits per heavy atom. The molecule has 0 amide bonds. The lowest BCUT2D eigenvalue weighted by Gasteiger charge is -2.41. The Morgan fingerprint density at radius 3 is 2.65 bits per heavy atom. The van der Waals surface area contributed by atoms with Crippen LogP contribution >= 0.6 is 0 Å². The van der Waals surface area contributed by atoms with Gasteiger partial charge in [-0.25, -0.2) is 9.88 Å². The lowest BCUT2D eigenvalue weighted by atomic mass is 10.2. The first-order chi connectivity index (χ1) is 9.22. The third kappa shape index (κ3) is 2.79. The molecule has 2 rings (SSSR count). The van der Waals surface area contributed by atoms with E-state index in [4.69, 9.17) is 0 Å². The lowest BCUT2D eigenvalue weighted by molar-refractivity contribution is -0.117. The molecular weight excluding hydrogens is 288 g/mol. The summed E-state index contributed by atoms with van der Waals surface area (Å²) < 4.78 is 28.1. The molecule has 0 spiro atoms. The third-order valence-electron chi connectivity index (χ3n) is 3.15. The molecule has 114 valence electrons. The maximum atomic E-state index is 10.9. The predicted molar refractivity (Wildman–Crippen MR) is 70.1 cm³/mol. The summed E-state index contributed by atoms with van der Waals surface area (Å²) in [6, 6.07) is 0. The molecule has 0 aliphatic carbocycles. The van der Waals surface area contributed by atoms with E-state index in [-0.39, 0.29) is 13.2 Å². The highest BCUT2D eigenvalue weighted by molar-refractivity contribution is 7.85. The van der Waals surface area contributed by atoms with E-state index >= 15 is 0 Å². The van der Waals surface area contributed by atoms with Crippen LogP contribution in [0.5, 0.6) is 0 Å². The first-order valence-corrected chi connectivity index (χ1v) is 7.74. The number of nitrogens with zero attached hydrogens (tertiary/aromatic N) is 4. The van der Waals surface area contributed by atoms with Crippen LogP contribution in [0.25, 0.3) is 0 Å². The Labute approximate surface area is 117 Å². The van der Waals surface area contributed by atoms with Crippen molar-refractivity contribution < 1.29 is 22.8 Å². The van der Waals surface area contributed by atoms with E-state index in [0.29, 0.717) is 11.5 Å². The average molecular weight is 306 g/mol. The van der Waals surface area contributed by atoms with Crippen molar-refractivity contribution in [1.82, 2.24) is 14.5 Å². The number of fused-ring (bicyclic) bond motifs is 1. The molecule has 2 N–H and O–H groups in total. The van der Waals surface area contributed by atoms with Gasteiger partial charge in [0.2, 0.25) is 0 Å². The first-order valence-electron chi connectivity index (χ1n) is 5.92. The van der Waals surface area contributed by atoms with Gasteiger partial charge in [0.05, 0.1) is 19.2 Å². The second kappa shape index (κ2) is 5.30. The Kier molecular flexibility index (Phi) is 4.02. The second-order valence-corrected chi connectivity index (χ2v) is 6.30. The Bertz CT molecular complexity index is 586. The molecule has 1 aliphatic rings. The van der Waals surface area contributed by atoms with Crippen molar-refractivity contribution in [3.8, 4) is 0 Å². The van der Waals surface area contributed by atoms with Crippen LogP contribution in [0.4, 0.5) is 5.82 Å².